The van der Waals surface area contributed by atoms with E-state index in [9.17, 15) is 18.3 Å². The maximum absolute atomic E-state index is 12.7. The van der Waals surface area contributed by atoms with Crippen LogP contribution in [0.25, 0.3) is 0 Å². The molecule has 2 N–H and O–H groups in total. The average molecular weight is 437 g/mol. The number of rotatable bonds is 7. The molecule has 0 radical (unpaired) electrons. The number of carbonyl (C=O) groups is 1. The number of amides is 1. The molecule has 30 heavy (non-hydrogen) atoms. The molecule has 0 aliphatic carbocycles. The van der Waals surface area contributed by atoms with Gasteiger partial charge in [-0.3, -0.25) is 14.6 Å². The summed E-state index contributed by atoms with van der Waals surface area (Å²) in [7, 11) is -3.50. The van der Waals surface area contributed by atoms with Gasteiger partial charge in [0, 0.05) is 50.9 Å². The Hall–Kier alpha value is -1.52. The van der Waals surface area contributed by atoms with Gasteiger partial charge in [-0.2, -0.15) is 4.31 Å². The summed E-state index contributed by atoms with van der Waals surface area (Å²) in [5.74, 6) is -0.148. The van der Waals surface area contributed by atoms with E-state index in [0.717, 1.165) is 32.5 Å². The molecule has 1 amide bonds. The summed E-state index contributed by atoms with van der Waals surface area (Å²) in [4.78, 5) is 17.2. The average Bonchev–Trinajstić information content (AvgIpc) is 3.48. The number of likely N-dealkylation sites (tertiary alicyclic amines) is 2. The summed E-state index contributed by atoms with van der Waals surface area (Å²) in [5.41, 5.74) is 0.497. The van der Waals surface area contributed by atoms with E-state index in [1.165, 1.54) is 23.2 Å². The Morgan fingerprint density at radius 2 is 1.77 bits per heavy atom. The molecule has 166 valence electrons. The Labute approximate surface area is 178 Å². The first-order chi connectivity index (χ1) is 14.4. The number of aliphatic hydroxyl groups excluding tert-OH is 1. The minimum Gasteiger partial charge on any atom is -0.390 e. The van der Waals surface area contributed by atoms with Crippen molar-refractivity contribution in [3.8, 4) is 0 Å². The molecule has 0 spiro atoms. The molecule has 3 heterocycles. The van der Waals surface area contributed by atoms with Crippen LogP contribution >= 0.6 is 0 Å². The third-order valence-electron chi connectivity index (χ3n) is 6.42. The largest absolute Gasteiger partial charge is 0.390 e. The van der Waals surface area contributed by atoms with Gasteiger partial charge in [-0.25, -0.2) is 8.42 Å². The monoisotopic (exact) mass is 436 g/mol. The Balaban J connectivity index is 1.29. The predicted octanol–water partition coefficient (Wildman–Crippen LogP) is 0.941. The van der Waals surface area contributed by atoms with Crippen molar-refractivity contribution in [3.63, 3.8) is 0 Å². The van der Waals surface area contributed by atoms with Gasteiger partial charge in [0.1, 0.15) is 0 Å². The van der Waals surface area contributed by atoms with Crippen LogP contribution in [0.3, 0.4) is 0 Å². The normalized spacial score (nSPS) is 26.4. The fourth-order valence-corrected chi connectivity index (χ4v) is 6.32. The molecular formula is C21H32N4O4S. The van der Waals surface area contributed by atoms with Crippen LogP contribution in [0.5, 0.6) is 0 Å². The zero-order valence-corrected chi connectivity index (χ0v) is 18.2. The van der Waals surface area contributed by atoms with Gasteiger partial charge in [0.25, 0.3) is 0 Å². The van der Waals surface area contributed by atoms with Crippen LogP contribution in [-0.2, 0) is 14.8 Å². The van der Waals surface area contributed by atoms with Crippen molar-refractivity contribution >= 4 is 21.6 Å². The molecule has 4 rings (SSSR count). The number of hydrogen-bond acceptors (Lipinski definition) is 6. The molecule has 8 nitrogen and oxygen atoms in total. The number of nitrogens with one attached hydrogen (secondary N) is 1. The van der Waals surface area contributed by atoms with E-state index in [0.29, 0.717) is 38.3 Å². The van der Waals surface area contributed by atoms with Gasteiger partial charge >= 0.3 is 0 Å². The lowest BCUT2D eigenvalue weighted by atomic mass is 10.2. The van der Waals surface area contributed by atoms with Gasteiger partial charge in [-0.05, 0) is 57.0 Å². The number of hydrogen-bond donors (Lipinski definition) is 2. The molecule has 0 aromatic heterocycles. The maximum Gasteiger partial charge on any atom is 0.243 e. The smallest absolute Gasteiger partial charge is 0.243 e. The van der Waals surface area contributed by atoms with Crippen LogP contribution in [0.1, 0.15) is 32.1 Å². The van der Waals surface area contributed by atoms with Crippen LogP contribution in [0.15, 0.2) is 29.2 Å². The van der Waals surface area contributed by atoms with Crippen molar-refractivity contribution in [1.29, 1.82) is 0 Å². The lowest BCUT2D eigenvalue weighted by Crippen LogP contribution is -2.41. The minimum atomic E-state index is -3.50. The van der Waals surface area contributed by atoms with Gasteiger partial charge in [-0.1, -0.05) is 6.07 Å². The van der Waals surface area contributed by atoms with Crippen molar-refractivity contribution < 1.29 is 18.3 Å². The van der Waals surface area contributed by atoms with Gasteiger partial charge in [-0.15, -0.1) is 0 Å². The summed E-state index contributed by atoms with van der Waals surface area (Å²) >= 11 is 0. The third-order valence-corrected chi connectivity index (χ3v) is 8.31. The van der Waals surface area contributed by atoms with Crippen molar-refractivity contribution in [2.24, 2.45) is 0 Å². The molecule has 1 aromatic rings. The van der Waals surface area contributed by atoms with Gasteiger partial charge in [0.2, 0.25) is 15.9 Å². The molecule has 3 fully saturated rings. The quantitative estimate of drug-likeness (QED) is 0.661. The number of β-amino-alcohol motifs (C(OH)–C–C–N with tert-alkyl or cyclic N) is 1. The van der Waals surface area contributed by atoms with Crippen molar-refractivity contribution in [2.45, 2.75) is 49.1 Å². The Morgan fingerprint density at radius 1 is 1.07 bits per heavy atom. The second-order valence-corrected chi connectivity index (χ2v) is 10.5. The second kappa shape index (κ2) is 9.32. The lowest BCUT2D eigenvalue weighted by molar-refractivity contribution is -0.116. The van der Waals surface area contributed by atoms with Crippen molar-refractivity contribution in [1.82, 2.24) is 14.1 Å². The maximum atomic E-state index is 12.7. The summed E-state index contributed by atoms with van der Waals surface area (Å²) in [5, 5.41) is 13.2. The Morgan fingerprint density at radius 3 is 2.50 bits per heavy atom. The minimum absolute atomic E-state index is 0.148. The van der Waals surface area contributed by atoms with E-state index < -0.39 is 10.0 Å². The number of benzene rings is 1. The van der Waals surface area contributed by atoms with Crippen LogP contribution in [0, 0.1) is 0 Å². The number of aliphatic hydroxyl groups is 1. The molecule has 0 unspecified atom stereocenters. The van der Waals surface area contributed by atoms with Crippen molar-refractivity contribution in [2.75, 3.05) is 51.1 Å². The molecule has 2 atom stereocenters. The summed E-state index contributed by atoms with van der Waals surface area (Å²) in [6.07, 6.45) is 4.11. The zero-order valence-electron chi connectivity index (χ0n) is 17.4. The number of nitrogens with zero attached hydrogens (tertiary/aromatic N) is 3. The first kappa shape index (κ1) is 21.7. The van der Waals surface area contributed by atoms with Crippen LogP contribution in [-0.4, -0.2) is 91.5 Å². The van der Waals surface area contributed by atoms with Gasteiger partial charge < -0.3 is 10.4 Å². The second-order valence-electron chi connectivity index (χ2n) is 8.57. The van der Waals surface area contributed by atoms with Gasteiger partial charge in [0.15, 0.2) is 0 Å². The molecule has 9 heteroatoms. The highest BCUT2D eigenvalue weighted by Crippen LogP contribution is 2.24. The van der Waals surface area contributed by atoms with E-state index in [4.69, 9.17) is 0 Å². The van der Waals surface area contributed by atoms with E-state index in [2.05, 4.69) is 15.1 Å². The van der Waals surface area contributed by atoms with E-state index in [1.807, 2.05) is 0 Å². The van der Waals surface area contributed by atoms with E-state index in [1.54, 1.807) is 18.2 Å². The zero-order chi connectivity index (χ0) is 21.1. The lowest BCUT2D eigenvalue weighted by Gasteiger charge is -2.25. The topological polar surface area (TPSA) is 93.2 Å². The molecule has 1 aromatic carbocycles. The first-order valence-electron chi connectivity index (χ1n) is 11.0. The summed E-state index contributed by atoms with van der Waals surface area (Å²) in [6, 6.07) is 6.66. The van der Waals surface area contributed by atoms with E-state index >= 15 is 0 Å². The Kier molecular flexibility index (Phi) is 6.74. The third kappa shape index (κ3) is 4.86. The standard InChI is InChI=1S/C21H32N4O4S/c26-20-16-23(15-19(20)24-9-1-2-10-24)13-8-21(27)22-17-6-5-7-18(14-17)30(28,29)25-11-3-4-12-25/h5-7,14,19-20,26H,1-4,8-13,15-16H2,(H,22,27)/t19-,20-/m0/s1. The fraction of sp³-hybridized carbons (Fsp3) is 0.667. The van der Waals surface area contributed by atoms with Crippen LogP contribution < -0.4 is 5.32 Å². The summed E-state index contributed by atoms with van der Waals surface area (Å²) in [6.45, 7) is 5.17. The molecule has 0 bridgehead atoms. The molecule has 3 aliphatic rings. The first-order valence-corrected chi connectivity index (χ1v) is 12.4. The number of carbonyl (C=O) groups excluding carboxylic acids is 1. The number of sulfonamides is 1. The molecule has 3 saturated heterocycles. The molecule has 0 saturated carbocycles. The Bertz CT molecular complexity index is 850. The van der Waals surface area contributed by atoms with Crippen LogP contribution in [0.4, 0.5) is 5.69 Å². The van der Waals surface area contributed by atoms with Crippen LogP contribution in [0.2, 0.25) is 0 Å². The molecular weight excluding hydrogens is 404 g/mol. The fourth-order valence-electron chi connectivity index (χ4n) is 4.76. The highest BCUT2D eigenvalue weighted by Gasteiger charge is 2.36. The van der Waals surface area contributed by atoms with Gasteiger partial charge in [0.05, 0.1) is 11.0 Å². The SMILES string of the molecule is O=C(CCN1C[C@H](O)[C@@H](N2CCCC2)C1)Nc1cccc(S(=O)(=O)N2CCCC2)c1. The van der Waals surface area contributed by atoms with E-state index in [-0.39, 0.29) is 22.9 Å². The summed E-state index contributed by atoms with van der Waals surface area (Å²) < 4.78 is 26.9. The highest BCUT2D eigenvalue weighted by atomic mass is 32.2. The highest BCUT2D eigenvalue weighted by molar-refractivity contribution is 7.89. The number of anilines is 1. The predicted molar refractivity (Wildman–Crippen MR) is 115 cm³/mol. The van der Waals surface area contributed by atoms with Crippen molar-refractivity contribution in [3.05, 3.63) is 24.3 Å². The molecule has 3 aliphatic heterocycles.